The molecule has 4 aromatic rings. The molecule has 1 atom stereocenters. The molecule has 2 spiro atoms. The lowest BCUT2D eigenvalue weighted by Crippen LogP contribution is -2.61. The van der Waals surface area contributed by atoms with Crippen LogP contribution in [0.3, 0.4) is 0 Å². The first kappa shape index (κ1) is 22.4. The van der Waals surface area contributed by atoms with E-state index in [4.69, 9.17) is 29.9 Å². The second kappa shape index (κ2) is 8.19. The average molecular weight is 531 g/mol. The number of benzene rings is 1. The van der Waals surface area contributed by atoms with E-state index in [9.17, 15) is 0 Å². The number of nitrogens with two attached hydrogens (primary N) is 1. The van der Waals surface area contributed by atoms with Crippen LogP contribution in [0.15, 0.2) is 52.6 Å². The quantitative estimate of drug-likeness (QED) is 0.361. The lowest BCUT2D eigenvalue weighted by molar-refractivity contribution is -0.0652. The summed E-state index contributed by atoms with van der Waals surface area (Å²) in [4.78, 5) is 17.2. The molecule has 1 aromatic carbocycles. The van der Waals surface area contributed by atoms with E-state index in [-0.39, 0.29) is 17.2 Å². The van der Waals surface area contributed by atoms with Gasteiger partial charge in [0.15, 0.2) is 22.2 Å². The molecular formula is C26H26N8O3S. The van der Waals surface area contributed by atoms with Crippen LogP contribution in [0.4, 0.5) is 11.6 Å². The number of nitrogens with zero attached hydrogens (tertiary/aromatic N) is 5. The number of aromatic nitrogens is 5. The first-order valence-electron chi connectivity index (χ1n) is 12.8. The summed E-state index contributed by atoms with van der Waals surface area (Å²) in [7, 11) is 0. The minimum absolute atomic E-state index is 0.118. The maximum absolute atomic E-state index is 6.64. The normalized spacial score (nSPS) is 22.3. The highest BCUT2D eigenvalue weighted by Crippen LogP contribution is 2.47. The van der Waals surface area contributed by atoms with Crippen LogP contribution >= 0.6 is 11.8 Å². The molecule has 38 heavy (non-hydrogen) atoms. The number of pyridine rings is 1. The summed E-state index contributed by atoms with van der Waals surface area (Å²) in [6.07, 6.45) is 5.24. The van der Waals surface area contributed by atoms with Crippen LogP contribution in [0.5, 0.6) is 11.5 Å². The molecular weight excluding hydrogens is 504 g/mol. The molecule has 4 N–H and O–H groups in total. The highest BCUT2D eigenvalue weighted by Gasteiger charge is 2.48. The van der Waals surface area contributed by atoms with E-state index in [2.05, 4.69) is 31.5 Å². The number of fused-ring (bicyclic) bond motifs is 3. The largest absolute Gasteiger partial charge is 0.486 e. The van der Waals surface area contributed by atoms with Gasteiger partial charge >= 0.3 is 0 Å². The Labute approximate surface area is 222 Å². The van der Waals surface area contributed by atoms with Crippen LogP contribution in [0, 0.1) is 0 Å². The Balaban J connectivity index is 0.997. The van der Waals surface area contributed by atoms with Gasteiger partial charge in [0.25, 0.3) is 0 Å². The van der Waals surface area contributed by atoms with Crippen LogP contribution < -0.4 is 25.4 Å². The van der Waals surface area contributed by atoms with E-state index < -0.39 is 0 Å². The molecule has 0 aliphatic carbocycles. The van der Waals surface area contributed by atoms with Gasteiger partial charge in [-0.15, -0.1) is 0 Å². The Morgan fingerprint density at radius 3 is 2.76 bits per heavy atom. The minimum Gasteiger partial charge on any atom is -0.486 e. The molecule has 0 bridgehead atoms. The molecule has 194 valence electrons. The number of hydrogen-bond donors (Lipinski definition) is 3. The first-order chi connectivity index (χ1) is 18.6. The zero-order chi connectivity index (χ0) is 25.3. The average Bonchev–Trinajstić information content (AvgIpc) is 3.46. The Kier molecular flexibility index (Phi) is 4.83. The van der Waals surface area contributed by atoms with Gasteiger partial charge in [-0.25, -0.2) is 15.0 Å². The van der Waals surface area contributed by atoms with Gasteiger partial charge in [0, 0.05) is 37.7 Å². The predicted octanol–water partition coefficient (Wildman–Crippen LogP) is 2.90. The molecule has 7 heterocycles. The maximum atomic E-state index is 6.64. The summed E-state index contributed by atoms with van der Waals surface area (Å²) in [6.45, 7) is 3.37. The van der Waals surface area contributed by atoms with Gasteiger partial charge in [0.2, 0.25) is 0 Å². The predicted molar refractivity (Wildman–Crippen MR) is 141 cm³/mol. The fraction of sp³-hybridized carbons (Fsp3) is 0.385. The summed E-state index contributed by atoms with van der Waals surface area (Å²) >= 11 is 1.49. The van der Waals surface area contributed by atoms with Gasteiger partial charge in [-0.05, 0) is 12.1 Å². The van der Waals surface area contributed by atoms with Gasteiger partial charge in [0.1, 0.15) is 34.8 Å². The Hall–Kier alpha value is -3.61. The van der Waals surface area contributed by atoms with Crippen molar-refractivity contribution in [3.8, 4) is 11.5 Å². The van der Waals surface area contributed by atoms with Gasteiger partial charge < -0.3 is 30.2 Å². The van der Waals surface area contributed by atoms with Crippen LogP contribution in [-0.4, -0.2) is 69.2 Å². The zero-order valence-electron chi connectivity index (χ0n) is 20.5. The molecule has 8 rings (SSSR count). The van der Waals surface area contributed by atoms with Crippen molar-refractivity contribution in [3.63, 3.8) is 0 Å². The van der Waals surface area contributed by atoms with E-state index in [1.54, 1.807) is 6.20 Å². The molecule has 4 aliphatic heterocycles. The Morgan fingerprint density at radius 2 is 1.95 bits per heavy atom. The summed E-state index contributed by atoms with van der Waals surface area (Å²) in [5.41, 5.74) is 8.58. The van der Waals surface area contributed by atoms with E-state index in [1.165, 1.54) is 11.8 Å². The standard InChI is InChI=1S/C26H26N8O3S/c27-21-15-3-1-2-4-16(15)37-26(21)6-9-34(10-7-26)18-11-29-19-22(30-18)32-33-24(19)38-17-5-8-28-23-20(17)36-14-25(31-23)12-35-13-25/h1-5,8,11,21H,6-7,9-10,12-14,27H2,(H,28,31)(H,30,32,33)/t21-/m1/s1. The number of nitrogens with one attached hydrogen (secondary N) is 2. The molecule has 12 heteroatoms. The van der Waals surface area contributed by atoms with Crippen LogP contribution in [-0.2, 0) is 4.74 Å². The Bertz CT molecular complexity index is 1550. The number of ether oxygens (including phenoxy) is 3. The molecule has 2 saturated heterocycles. The van der Waals surface area contributed by atoms with Gasteiger partial charge in [-0.1, -0.05) is 30.0 Å². The fourth-order valence-corrected chi connectivity index (χ4v) is 6.69. The number of hydrogen-bond acceptors (Lipinski definition) is 11. The number of H-pyrrole nitrogens is 1. The van der Waals surface area contributed by atoms with E-state index in [0.717, 1.165) is 70.1 Å². The first-order valence-corrected chi connectivity index (χ1v) is 13.6. The molecule has 4 aliphatic rings. The van der Waals surface area contributed by atoms with Crippen molar-refractivity contribution in [1.29, 1.82) is 0 Å². The van der Waals surface area contributed by atoms with Crippen molar-refractivity contribution in [1.82, 2.24) is 25.1 Å². The highest BCUT2D eigenvalue weighted by molar-refractivity contribution is 7.99. The number of para-hydroxylation sites is 1. The second-order valence-electron chi connectivity index (χ2n) is 10.4. The molecule has 2 fully saturated rings. The van der Waals surface area contributed by atoms with E-state index in [0.29, 0.717) is 25.5 Å². The molecule has 0 unspecified atom stereocenters. The highest BCUT2D eigenvalue weighted by atomic mass is 32.2. The van der Waals surface area contributed by atoms with Crippen molar-refractivity contribution in [2.75, 3.05) is 43.1 Å². The molecule has 0 saturated carbocycles. The summed E-state index contributed by atoms with van der Waals surface area (Å²) < 4.78 is 17.9. The third-order valence-corrected chi connectivity index (χ3v) is 9.02. The monoisotopic (exact) mass is 530 g/mol. The molecule has 11 nitrogen and oxygen atoms in total. The smallest absolute Gasteiger partial charge is 0.177 e. The number of aromatic amines is 1. The van der Waals surface area contributed by atoms with Crippen molar-refractivity contribution in [2.24, 2.45) is 5.73 Å². The lowest BCUT2D eigenvalue weighted by atomic mass is 9.83. The topological polar surface area (TPSA) is 136 Å². The van der Waals surface area contributed by atoms with Crippen molar-refractivity contribution >= 4 is 34.6 Å². The fourth-order valence-electron chi connectivity index (χ4n) is 5.76. The van der Waals surface area contributed by atoms with Crippen LogP contribution in [0.1, 0.15) is 24.4 Å². The number of piperidine rings is 1. The van der Waals surface area contributed by atoms with Gasteiger partial charge in [0.05, 0.1) is 30.3 Å². The number of rotatable bonds is 3. The molecule has 0 radical (unpaired) electrons. The third kappa shape index (κ3) is 3.36. The van der Waals surface area contributed by atoms with E-state index >= 15 is 0 Å². The van der Waals surface area contributed by atoms with Gasteiger partial charge in [-0.3, -0.25) is 5.10 Å². The maximum Gasteiger partial charge on any atom is 0.177 e. The Morgan fingerprint density at radius 1 is 1.08 bits per heavy atom. The SMILES string of the molecule is N[C@@H]1c2ccccc2OC12CCN(c1cnc3c(Sc4ccnc5c4OCC4(COC4)N5)n[nH]c3n1)CC2. The number of anilines is 2. The summed E-state index contributed by atoms with van der Waals surface area (Å²) in [6, 6.07) is 9.90. The minimum atomic E-state index is -0.360. The van der Waals surface area contributed by atoms with Gasteiger partial charge in [-0.2, -0.15) is 5.10 Å². The lowest BCUT2D eigenvalue weighted by Gasteiger charge is -2.44. The van der Waals surface area contributed by atoms with Crippen LogP contribution in [0.2, 0.25) is 0 Å². The summed E-state index contributed by atoms with van der Waals surface area (Å²) in [5, 5.41) is 11.8. The second-order valence-corrected chi connectivity index (χ2v) is 11.4. The van der Waals surface area contributed by atoms with Crippen molar-refractivity contribution in [3.05, 3.63) is 48.3 Å². The molecule has 3 aromatic heterocycles. The zero-order valence-corrected chi connectivity index (χ0v) is 21.3. The molecule has 0 amide bonds. The third-order valence-electron chi connectivity index (χ3n) is 8.00. The van der Waals surface area contributed by atoms with Crippen molar-refractivity contribution in [2.45, 2.75) is 39.9 Å². The van der Waals surface area contributed by atoms with Crippen molar-refractivity contribution < 1.29 is 14.2 Å². The summed E-state index contributed by atoms with van der Waals surface area (Å²) in [5.74, 6) is 3.19. The van der Waals surface area contributed by atoms with E-state index in [1.807, 2.05) is 30.5 Å². The van der Waals surface area contributed by atoms with Crippen LogP contribution in [0.25, 0.3) is 11.2 Å².